The summed E-state index contributed by atoms with van der Waals surface area (Å²) in [7, 11) is 3.24. The van der Waals surface area contributed by atoms with Crippen LogP contribution in [-0.4, -0.2) is 27.4 Å². The third kappa shape index (κ3) is 2.76. The lowest BCUT2D eigenvalue weighted by Gasteiger charge is -2.19. The highest BCUT2D eigenvalue weighted by atomic mass is 79.9. The average molecular weight is 336 g/mol. The molecule has 0 amide bonds. The average Bonchev–Trinajstić information content (AvgIpc) is 2.91. The van der Waals surface area contributed by atoms with Crippen LogP contribution in [0.3, 0.4) is 0 Å². The van der Waals surface area contributed by atoms with Gasteiger partial charge in [0, 0.05) is 17.0 Å². The Morgan fingerprint density at radius 1 is 1.33 bits per heavy atom. The second kappa shape index (κ2) is 6.13. The molecule has 3 nitrogen and oxygen atoms in total. The summed E-state index contributed by atoms with van der Waals surface area (Å²) < 4.78 is 16.9. The Balaban J connectivity index is 2.31. The molecule has 0 spiro atoms. The maximum absolute atomic E-state index is 6.54. The van der Waals surface area contributed by atoms with Crippen LogP contribution >= 0.6 is 27.5 Å². The third-order valence-corrected chi connectivity index (χ3v) is 4.46. The van der Waals surface area contributed by atoms with Crippen molar-refractivity contribution in [3.05, 3.63) is 22.2 Å². The molecule has 0 saturated carbocycles. The van der Waals surface area contributed by atoms with E-state index in [1.54, 1.807) is 14.2 Å². The molecule has 0 aliphatic carbocycles. The Bertz CT molecular complexity index is 419. The van der Waals surface area contributed by atoms with Crippen molar-refractivity contribution in [1.82, 2.24) is 0 Å². The molecule has 100 valence electrons. The molecule has 2 rings (SSSR count). The summed E-state index contributed by atoms with van der Waals surface area (Å²) in [5, 5.41) is -0.0818. The Morgan fingerprint density at radius 2 is 2.00 bits per heavy atom. The van der Waals surface area contributed by atoms with Gasteiger partial charge in [-0.2, -0.15) is 0 Å². The van der Waals surface area contributed by atoms with Crippen LogP contribution in [0.25, 0.3) is 0 Å². The number of ether oxygens (including phenoxy) is 3. The molecule has 0 bridgehead atoms. The van der Waals surface area contributed by atoms with Crippen LogP contribution in [-0.2, 0) is 4.74 Å². The molecule has 1 heterocycles. The summed E-state index contributed by atoms with van der Waals surface area (Å²) in [6, 6.07) is 3.82. The van der Waals surface area contributed by atoms with Crippen LogP contribution < -0.4 is 9.47 Å². The molecule has 0 aromatic heterocycles. The second-order valence-corrected chi connectivity index (χ2v) is 5.58. The van der Waals surface area contributed by atoms with Gasteiger partial charge in [-0.1, -0.05) is 15.9 Å². The van der Waals surface area contributed by atoms with Crippen molar-refractivity contribution in [2.75, 3.05) is 27.4 Å². The summed E-state index contributed by atoms with van der Waals surface area (Å²) in [4.78, 5) is 0. The lowest BCUT2D eigenvalue weighted by Crippen LogP contribution is -2.08. The van der Waals surface area contributed by atoms with E-state index in [2.05, 4.69) is 15.9 Å². The second-order valence-electron chi connectivity index (χ2n) is 4.25. The minimum atomic E-state index is -0.0818. The predicted molar refractivity (Wildman–Crippen MR) is 74.8 cm³/mol. The zero-order chi connectivity index (χ0) is 13.1. The normalized spacial score (nSPS) is 20.8. The summed E-state index contributed by atoms with van der Waals surface area (Å²) >= 11 is 10.1. The highest BCUT2D eigenvalue weighted by molar-refractivity contribution is 9.10. The van der Waals surface area contributed by atoms with E-state index in [0.29, 0.717) is 17.4 Å². The van der Waals surface area contributed by atoms with Gasteiger partial charge in [-0.15, -0.1) is 11.6 Å². The Kier molecular flexibility index (Phi) is 4.76. The first kappa shape index (κ1) is 14.0. The van der Waals surface area contributed by atoms with Crippen molar-refractivity contribution in [2.45, 2.75) is 11.8 Å². The zero-order valence-electron chi connectivity index (χ0n) is 10.4. The number of benzene rings is 1. The molecule has 1 fully saturated rings. The molecule has 1 aromatic rings. The quantitative estimate of drug-likeness (QED) is 0.784. The van der Waals surface area contributed by atoms with Gasteiger partial charge in [-0.3, -0.25) is 0 Å². The van der Waals surface area contributed by atoms with Crippen LogP contribution in [0.5, 0.6) is 11.5 Å². The van der Waals surface area contributed by atoms with E-state index in [-0.39, 0.29) is 5.38 Å². The topological polar surface area (TPSA) is 27.7 Å². The molecule has 1 aliphatic heterocycles. The van der Waals surface area contributed by atoms with E-state index >= 15 is 0 Å². The number of methoxy groups -OCH3 is 2. The van der Waals surface area contributed by atoms with Crippen LogP contribution in [0.1, 0.15) is 17.4 Å². The Morgan fingerprint density at radius 3 is 2.56 bits per heavy atom. The van der Waals surface area contributed by atoms with Crippen molar-refractivity contribution in [2.24, 2.45) is 5.92 Å². The van der Waals surface area contributed by atoms with Crippen molar-refractivity contribution in [3.63, 3.8) is 0 Å². The number of hydrogen-bond donors (Lipinski definition) is 0. The van der Waals surface area contributed by atoms with Gasteiger partial charge in [0.15, 0.2) is 11.5 Å². The van der Waals surface area contributed by atoms with Gasteiger partial charge in [0.25, 0.3) is 0 Å². The molecule has 18 heavy (non-hydrogen) atoms. The largest absolute Gasteiger partial charge is 0.493 e. The highest BCUT2D eigenvalue weighted by Crippen LogP contribution is 2.42. The van der Waals surface area contributed by atoms with Gasteiger partial charge in [0.2, 0.25) is 0 Å². The monoisotopic (exact) mass is 334 g/mol. The fourth-order valence-corrected chi connectivity index (χ4v) is 3.20. The third-order valence-electron chi connectivity index (χ3n) is 3.18. The lowest BCUT2D eigenvalue weighted by molar-refractivity contribution is 0.185. The first-order valence-corrected chi connectivity index (χ1v) is 7.03. The zero-order valence-corrected chi connectivity index (χ0v) is 12.8. The number of rotatable bonds is 4. The summed E-state index contributed by atoms with van der Waals surface area (Å²) in [5.41, 5.74) is 1.02. The minimum absolute atomic E-state index is 0.0818. The van der Waals surface area contributed by atoms with Crippen LogP contribution in [0, 0.1) is 5.92 Å². The van der Waals surface area contributed by atoms with E-state index in [9.17, 15) is 0 Å². The van der Waals surface area contributed by atoms with Crippen LogP contribution in [0.4, 0.5) is 0 Å². The fraction of sp³-hybridized carbons (Fsp3) is 0.538. The van der Waals surface area contributed by atoms with Crippen molar-refractivity contribution in [1.29, 1.82) is 0 Å². The van der Waals surface area contributed by atoms with Gasteiger partial charge < -0.3 is 14.2 Å². The highest BCUT2D eigenvalue weighted by Gasteiger charge is 2.27. The molecule has 0 radical (unpaired) electrons. The van der Waals surface area contributed by atoms with Gasteiger partial charge in [-0.25, -0.2) is 0 Å². The SMILES string of the molecule is COc1cc(Br)c(C(Cl)C2CCOC2)cc1OC. The fourth-order valence-electron chi connectivity index (χ4n) is 2.12. The minimum Gasteiger partial charge on any atom is -0.493 e. The van der Waals surface area contributed by atoms with Gasteiger partial charge >= 0.3 is 0 Å². The van der Waals surface area contributed by atoms with Crippen LogP contribution in [0.2, 0.25) is 0 Å². The van der Waals surface area contributed by atoms with Gasteiger partial charge in [0.05, 0.1) is 26.2 Å². The molecule has 2 unspecified atom stereocenters. The molecular formula is C13H16BrClO3. The Hall–Kier alpha value is -0.450. The van der Waals surface area contributed by atoms with E-state index in [1.165, 1.54) is 0 Å². The van der Waals surface area contributed by atoms with Crippen molar-refractivity contribution < 1.29 is 14.2 Å². The summed E-state index contributed by atoms with van der Waals surface area (Å²) in [6.07, 6.45) is 0.995. The Labute approximate surface area is 120 Å². The predicted octanol–water partition coefficient (Wildman–Crippen LogP) is 3.78. The van der Waals surface area contributed by atoms with E-state index in [0.717, 1.165) is 29.7 Å². The lowest BCUT2D eigenvalue weighted by atomic mass is 9.98. The summed E-state index contributed by atoms with van der Waals surface area (Å²) in [5.74, 6) is 1.74. The first-order valence-electron chi connectivity index (χ1n) is 5.80. The van der Waals surface area contributed by atoms with Gasteiger partial charge in [-0.05, 0) is 24.1 Å². The standard InChI is InChI=1S/C13H16BrClO3/c1-16-11-5-9(10(14)6-12(11)17-2)13(15)8-3-4-18-7-8/h5-6,8,13H,3-4,7H2,1-2H3. The van der Waals surface area contributed by atoms with Crippen LogP contribution in [0.15, 0.2) is 16.6 Å². The molecule has 2 atom stereocenters. The maximum atomic E-state index is 6.54. The summed E-state index contributed by atoms with van der Waals surface area (Å²) in [6.45, 7) is 1.51. The van der Waals surface area contributed by atoms with Gasteiger partial charge in [0.1, 0.15) is 0 Å². The van der Waals surface area contributed by atoms with E-state index in [4.69, 9.17) is 25.8 Å². The number of hydrogen-bond acceptors (Lipinski definition) is 3. The van der Waals surface area contributed by atoms with E-state index < -0.39 is 0 Å². The maximum Gasteiger partial charge on any atom is 0.161 e. The van der Waals surface area contributed by atoms with Crippen molar-refractivity contribution >= 4 is 27.5 Å². The molecule has 0 N–H and O–H groups in total. The molecule has 1 saturated heterocycles. The number of halogens is 2. The van der Waals surface area contributed by atoms with E-state index in [1.807, 2.05) is 12.1 Å². The first-order chi connectivity index (χ1) is 8.67. The number of alkyl halides is 1. The van der Waals surface area contributed by atoms with Crippen molar-refractivity contribution in [3.8, 4) is 11.5 Å². The molecule has 1 aromatic carbocycles. The molecule has 5 heteroatoms. The molecular weight excluding hydrogens is 319 g/mol. The smallest absolute Gasteiger partial charge is 0.161 e. The molecule has 1 aliphatic rings.